The highest BCUT2D eigenvalue weighted by Crippen LogP contribution is 2.26. The Morgan fingerprint density at radius 3 is 2.78 bits per heavy atom. The molecule has 18 heavy (non-hydrogen) atoms. The summed E-state index contributed by atoms with van der Waals surface area (Å²) in [6, 6.07) is 0. The molecule has 0 aliphatic carbocycles. The number of hydrogen-bond donors (Lipinski definition) is 2. The highest BCUT2D eigenvalue weighted by molar-refractivity contribution is 5.08. The first-order chi connectivity index (χ1) is 8.63. The number of ether oxygens (including phenoxy) is 1. The maximum atomic E-state index is 6.09. The third-order valence-corrected chi connectivity index (χ3v) is 2.88. The maximum absolute atomic E-state index is 6.09. The molecule has 0 amide bonds. The molecular formula is C15H24N2O. The summed E-state index contributed by atoms with van der Waals surface area (Å²) >= 11 is 0. The van der Waals surface area contributed by atoms with Crippen LogP contribution < -0.4 is 11.1 Å². The molecule has 3 heteroatoms. The first-order valence-corrected chi connectivity index (χ1v) is 6.40. The van der Waals surface area contributed by atoms with Crippen molar-refractivity contribution in [3.8, 4) is 0 Å². The Kier molecular flexibility index (Phi) is 5.72. The van der Waals surface area contributed by atoms with Gasteiger partial charge in [0, 0.05) is 12.3 Å². The Morgan fingerprint density at radius 2 is 2.17 bits per heavy atom. The summed E-state index contributed by atoms with van der Waals surface area (Å²) in [4.78, 5) is 0. The average molecular weight is 248 g/mol. The second kappa shape index (κ2) is 7.07. The van der Waals surface area contributed by atoms with Crippen molar-refractivity contribution >= 4 is 0 Å². The summed E-state index contributed by atoms with van der Waals surface area (Å²) in [5.41, 5.74) is 5.07. The average Bonchev–Trinajstić information content (AvgIpc) is 2.29. The second-order valence-electron chi connectivity index (χ2n) is 4.62. The number of allylic oxidation sites excluding steroid dienone is 4. The van der Waals surface area contributed by atoms with Crippen LogP contribution in [0.25, 0.3) is 0 Å². The van der Waals surface area contributed by atoms with E-state index in [1.54, 1.807) is 0 Å². The minimum atomic E-state index is -0.372. The molecule has 0 fully saturated rings. The zero-order chi connectivity index (χ0) is 13.4. The standard InChI is InChI=1S/C15H24N2O/c1-4-6-13-9-11-17-15(3,12-13)18-14(7-5-2)8-10-16/h4-11,13-14,17H,12,16H2,1-3H3. The van der Waals surface area contributed by atoms with Crippen LogP contribution in [0.5, 0.6) is 0 Å². The summed E-state index contributed by atoms with van der Waals surface area (Å²) in [7, 11) is 0. The molecule has 3 nitrogen and oxygen atoms in total. The Hall–Kier alpha value is -1.48. The van der Waals surface area contributed by atoms with E-state index in [-0.39, 0.29) is 11.8 Å². The Balaban J connectivity index is 2.71. The monoisotopic (exact) mass is 248 g/mol. The van der Waals surface area contributed by atoms with Crippen LogP contribution >= 0.6 is 0 Å². The van der Waals surface area contributed by atoms with E-state index in [9.17, 15) is 0 Å². The summed E-state index contributed by atoms with van der Waals surface area (Å²) in [5, 5.41) is 3.29. The molecule has 3 unspecified atom stereocenters. The summed E-state index contributed by atoms with van der Waals surface area (Å²) < 4.78 is 6.09. The Labute approximate surface area is 110 Å². The molecule has 1 aliphatic rings. The first-order valence-electron chi connectivity index (χ1n) is 6.40. The molecule has 0 aromatic rings. The van der Waals surface area contributed by atoms with Gasteiger partial charge >= 0.3 is 0 Å². The van der Waals surface area contributed by atoms with Gasteiger partial charge in [0.15, 0.2) is 0 Å². The number of nitrogens with two attached hydrogens (primary N) is 1. The van der Waals surface area contributed by atoms with Gasteiger partial charge in [-0.05, 0) is 39.2 Å². The molecule has 1 rings (SSSR count). The zero-order valence-electron chi connectivity index (χ0n) is 11.5. The summed E-state index contributed by atoms with van der Waals surface area (Å²) in [6.07, 6.45) is 16.5. The van der Waals surface area contributed by atoms with Gasteiger partial charge in [0.25, 0.3) is 0 Å². The molecular weight excluding hydrogens is 224 g/mol. The summed E-state index contributed by atoms with van der Waals surface area (Å²) in [5.74, 6) is 0.411. The van der Waals surface area contributed by atoms with Crippen molar-refractivity contribution in [3.63, 3.8) is 0 Å². The molecule has 0 aromatic heterocycles. The molecule has 0 spiro atoms. The predicted octanol–water partition coefficient (Wildman–Crippen LogP) is 2.84. The van der Waals surface area contributed by atoms with Gasteiger partial charge in [0.05, 0.1) is 6.10 Å². The molecule has 0 saturated carbocycles. The molecule has 0 saturated heterocycles. The number of nitrogens with one attached hydrogen (secondary N) is 1. The maximum Gasteiger partial charge on any atom is 0.137 e. The van der Waals surface area contributed by atoms with Gasteiger partial charge < -0.3 is 15.8 Å². The van der Waals surface area contributed by atoms with Crippen LogP contribution in [0.1, 0.15) is 27.2 Å². The zero-order valence-corrected chi connectivity index (χ0v) is 11.5. The van der Waals surface area contributed by atoms with Gasteiger partial charge in [-0.1, -0.05) is 30.4 Å². The van der Waals surface area contributed by atoms with Crippen LogP contribution in [0.3, 0.4) is 0 Å². The lowest BCUT2D eigenvalue weighted by atomic mass is 9.94. The first kappa shape index (κ1) is 14.6. The van der Waals surface area contributed by atoms with Gasteiger partial charge in [0.1, 0.15) is 5.72 Å². The molecule has 3 N–H and O–H groups in total. The summed E-state index contributed by atoms with van der Waals surface area (Å²) in [6.45, 7) is 6.07. The van der Waals surface area contributed by atoms with E-state index in [1.807, 2.05) is 38.3 Å². The van der Waals surface area contributed by atoms with Crippen LogP contribution in [0.2, 0.25) is 0 Å². The van der Waals surface area contributed by atoms with Gasteiger partial charge in [-0.2, -0.15) is 0 Å². The van der Waals surface area contributed by atoms with Crippen molar-refractivity contribution in [1.29, 1.82) is 0 Å². The highest BCUT2D eigenvalue weighted by Gasteiger charge is 2.30. The normalized spacial score (nSPS) is 30.3. The van der Waals surface area contributed by atoms with Gasteiger partial charge in [-0.15, -0.1) is 0 Å². The van der Waals surface area contributed by atoms with Crippen LogP contribution in [-0.4, -0.2) is 11.8 Å². The van der Waals surface area contributed by atoms with E-state index in [0.717, 1.165) is 6.42 Å². The predicted molar refractivity (Wildman–Crippen MR) is 76.6 cm³/mol. The van der Waals surface area contributed by atoms with Crippen molar-refractivity contribution < 1.29 is 4.74 Å². The van der Waals surface area contributed by atoms with E-state index in [4.69, 9.17) is 10.5 Å². The lowest BCUT2D eigenvalue weighted by Gasteiger charge is -2.37. The molecule has 100 valence electrons. The molecule has 0 bridgehead atoms. The quantitative estimate of drug-likeness (QED) is 0.735. The van der Waals surface area contributed by atoms with Crippen molar-refractivity contribution in [2.45, 2.75) is 39.0 Å². The fourth-order valence-electron chi connectivity index (χ4n) is 2.13. The number of hydrogen-bond acceptors (Lipinski definition) is 3. The lowest BCUT2D eigenvalue weighted by Crippen LogP contribution is -2.47. The van der Waals surface area contributed by atoms with Crippen molar-refractivity contribution in [3.05, 3.63) is 48.9 Å². The second-order valence-corrected chi connectivity index (χ2v) is 4.62. The van der Waals surface area contributed by atoms with Gasteiger partial charge in [-0.3, -0.25) is 0 Å². The molecule has 1 heterocycles. The molecule has 1 aliphatic heterocycles. The van der Waals surface area contributed by atoms with Crippen LogP contribution in [0, 0.1) is 5.92 Å². The number of rotatable bonds is 5. The fraction of sp³-hybridized carbons (Fsp3) is 0.467. The lowest BCUT2D eigenvalue weighted by molar-refractivity contribution is -0.0741. The van der Waals surface area contributed by atoms with E-state index < -0.39 is 0 Å². The third-order valence-electron chi connectivity index (χ3n) is 2.88. The van der Waals surface area contributed by atoms with Crippen LogP contribution in [0.15, 0.2) is 48.9 Å². The topological polar surface area (TPSA) is 47.3 Å². The minimum Gasteiger partial charge on any atom is -0.405 e. The Morgan fingerprint density at radius 1 is 1.39 bits per heavy atom. The van der Waals surface area contributed by atoms with Crippen molar-refractivity contribution in [2.24, 2.45) is 11.7 Å². The molecule has 3 atom stereocenters. The van der Waals surface area contributed by atoms with E-state index in [1.165, 1.54) is 6.20 Å². The highest BCUT2D eigenvalue weighted by atomic mass is 16.5. The van der Waals surface area contributed by atoms with Crippen LogP contribution in [0.4, 0.5) is 0 Å². The fourth-order valence-corrected chi connectivity index (χ4v) is 2.13. The van der Waals surface area contributed by atoms with E-state index >= 15 is 0 Å². The van der Waals surface area contributed by atoms with Gasteiger partial charge in [-0.25, -0.2) is 0 Å². The smallest absolute Gasteiger partial charge is 0.137 e. The van der Waals surface area contributed by atoms with Crippen molar-refractivity contribution in [2.75, 3.05) is 0 Å². The minimum absolute atomic E-state index is 0.102. The van der Waals surface area contributed by atoms with Crippen LogP contribution in [-0.2, 0) is 4.74 Å². The largest absolute Gasteiger partial charge is 0.405 e. The Bertz CT molecular complexity index is 346. The van der Waals surface area contributed by atoms with E-state index in [2.05, 4.69) is 30.5 Å². The molecule has 0 aromatic carbocycles. The SMILES string of the molecule is CC=CC1C=CNC(C)(OC(C=CC)C=CN)C1. The third kappa shape index (κ3) is 4.41. The van der Waals surface area contributed by atoms with Gasteiger partial charge in [0.2, 0.25) is 0 Å². The van der Waals surface area contributed by atoms with E-state index in [0.29, 0.717) is 5.92 Å². The van der Waals surface area contributed by atoms with Crippen molar-refractivity contribution in [1.82, 2.24) is 5.32 Å². The molecule has 0 radical (unpaired) electrons.